The zero-order valence-corrected chi connectivity index (χ0v) is 34.4. The van der Waals surface area contributed by atoms with Crippen LogP contribution in [0.1, 0.15) is 121 Å². The van der Waals surface area contributed by atoms with Gasteiger partial charge in [-0.05, 0) is 41.8 Å². The Hall–Kier alpha value is -4.33. The fourth-order valence-electron chi connectivity index (χ4n) is 7.36. The summed E-state index contributed by atoms with van der Waals surface area (Å²) in [5.74, 6) is -3.72. The Morgan fingerprint density at radius 2 is 1.39 bits per heavy atom. The number of ketones is 2. The number of rotatable bonds is 24. The maximum Gasteiger partial charge on any atom is 0.326 e. The van der Waals surface area contributed by atoms with E-state index in [9.17, 15) is 29.1 Å². The molecule has 0 radical (unpaired) electrons. The van der Waals surface area contributed by atoms with E-state index in [0.717, 1.165) is 25.7 Å². The fraction of sp³-hybridized carbons (Fsp3) is 0.614. The van der Waals surface area contributed by atoms with E-state index >= 15 is 0 Å². The Balaban J connectivity index is 1.92. The number of carbonyl (C=O) groups excluding carboxylic acids is 4. The van der Waals surface area contributed by atoms with Gasteiger partial charge in [0.25, 0.3) is 0 Å². The van der Waals surface area contributed by atoms with Crippen molar-refractivity contribution in [1.29, 1.82) is 0 Å². The molecule has 13 heteroatoms. The third kappa shape index (κ3) is 14.8. The standard InChI is InChI=1S/C44H67N5O8/c1-4-5-6-7-8-9-10-11-12-13-14-15-34(50)27-33(29-47)43(53)49(3)41-32-17-19-40(57-23-21-46)36(28-32)35-25-31(16-18-39(35)56-22-20-45)26-37(44(54)55)48-42(52)30(2)24-38(41)51/h16-19,25,28,30,33,37,41H,4-15,20-24,26-27,29,45-47H2,1-3H3,(H,48,52)(H,54,55)/t30-,33+,37+,41+/m1/s1. The summed E-state index contributed by atoms with van der Waals surface area (Å²) in [5, 5.41) is 12.7. The van der Waals surface area contributed by atoms with Crippen molar-refractivity contribution in [3.05, 3.63) is 47.5 Å². The van der Waals surface area contributed by atoms with Gasteiger partial charge in [0.1, 0.15) is 42.6 Å². The van der Waals surface area contributed by atoms with Crippen LogP contribution >= 0.6 is 0 Å². The molecule has 0 fully saturated rings. The molecule has 1 aliphatic heterocycles. The first-order chi connectivity index (χ1) is 27.4. The molecule has 0 aromatic heterocycles. The minimum atomic E-state index is -1.28. The van der Waals surface area contributed by atoms with Crippen LogP contribution in [0.5, 0.6) is 11.5 Å². The molecule has 8 N–H and O–H groups in total. The predicted octanol–water partition coefficient (Wildman–Crippen LogP) is 5.48. The molecule has 0 saturated carbocycles. The van der Waals surface area contributed by atoms with Crippen LogP contribution in [0.3, 0.4) is 0 Å². The van der Waals surface area contributed by atoms with Gasteiger partial charge in [0.15, 0.2) is 5.78 Å². The number of hydrogen-bond acceptors (Lipinski definition) is 10. The lowest BCUT2D eigenvalue weighted by molar-refractivity contribution is -0.144. The summed E-state index contributed by atoms with van der Waals surface area (Å²) in [4.78, 5) is 68.7. The number of nitrogens with zero attached hydrogens (tertiary/aromatic N) is 1. The lowest BCUT2D eigenvalue weighted by Gasteiger charge is -2.32. The molecule has 13 nitrogen and oxygen atoms in total. The van der Waals surface area contributed by atoms with E-state index in [1.54, 1.807) is 43.3 Å². The maximum absolute atomic E-state index is 14.3. The number of hydrogen-bond donors (Lipinski definition) is 5. The van der Waals surface area contributed by atoms with Crippen LogP contribution in [0.4, 0.5) is 0 Å². The van der Waals surface area contributed by atoms with E-state index in [-0.39, 0.29) is 57.9 Å². The molecule has 0 saturated heterocycles. The number of benzene rings is 2. The summed E-state index contributed by atoms with van der Waals surface area (Å²) in [7, 11) is 1.51. The van der Waals surface area contributed by atoms with Gasteiger partial charge in [-0.2, -0.15) is 0 Å². The van der Waals surface area contributed by atoms with Crippen molar-refractivity contribution in [2.75, 3.05) is 39.9 Å². The molecule has 2 amide bonds. The SMILES string of the molecule is CCCCCCCCCCCCCC(=O)C[C@@H](CN)C(=O)N(C)[C@@H]1C(=O)C[C@@H](C)C(=O)N[C@H](C(=O)O)Cc2ccc(OCCN)c(c2)-c2cc1ccc2OCCN. The molecule has 4 bridgehead atoms. The number of carboxylic acid groups (broad SMARTS) is 1. The number of amides is 2. The molecule has 2 aromatic carbocycles. The number of Topliss-reactive ketones (excluding diaryl/α,β-unsaturated/α-hetero) is 2. The molecule has 2 aromatic rings. The second-order valence-corrected chi connectivity index (χ2v) is 15.3. The molecule has 0 aliphatic carbocycles. The van der Waals surface area contributed by atoms with Crippen LogP contribution in [0.25, 0.3) is 11.1 Å². The first-order valence-corrected chi connectivity index (χ1v) is 20.9. The zero-order chi connectivity index (χ0) is 41.7. The number of fused-ring (bicyclic) bond motifs is 5. The number of ether oxygens (including phenoxy) is 2. The van der Waals surface area contributed by atoms with E-state index in [1.165, 1.54) is 56.9 Å². The smallest absolute Gasteiger partial charge is 0.326 e. The molecule has 0 unspecified atom stereocenters. The normalized spacial score (nSPS) is 17.6. The van der Waals surface area contributed by atoms with Crippen LogP contribution in [0.2, 0.25) is 0 Å². The highest BCUT2D eigenvalue weighted by atomic mass is 16.5. The topological polar surface area (TPSA) is 217 Å². The van der Waals surface area contributed by atoms with Crippen LogP contribution in [-0.2, 0) is 30.4 Å². The summed E-state index contributed by atoms with van der Waals surface area (Å²) < 4.78 is 12.1. The average Bonchev–Trinajstić information content (AvgIpc) is 3.19. The first kappa shape index (κ1) is 47.0. The van der Waals surface area contributed by atoms with Crippen LogP contribution in [0, 0.1) is 11.8 Å². The van der Waals surface area contributed by atoms with Gasteiger partial charge in [-0.1, -0.05) is 90.2 Å². The average molecular weight is 794 g/mol. The number of likely N-dealkylation sites (N-methyl/N-ethyl adjacent to an activating group) is 1. The molecule has 3 rings (SSSR count). The van der Waals surface area contributed by atoms with E-state index in [0.29, 0.717) is 40.2 Å². The monoisotopic (exact) mass is 793 g/mol. The largest absolute Gasteiger partial charge is 0.492 e. The molecular formula is C44H67N5O8. The Bertz CT molecular complexity index is 1620. The van der Waals surface area contributed by atoms with E-state index in [4.69, 9.17) is 26.7 Å². The number of carbonyl (C=O) groups is 5. The summed E-state index contributed by atoms with van der Waals surface area (Å²) in [6, 6.07) is 7.85. The number of aliphatic carboxylic acids is 1. The van der Waals surface area contributed by atoms with Gasteiger partial charge >= 0.3 is 5.97 Å². The molecule has 316 valence electrons. The van der Waals surface area contributed by atoms with E-state index < -0.39 is 47.5 Å². The highest BCUT2D eigenvalue weighted by Crippen LogP contribution is 2.40. The molecule has 1 aliphatic rings. The van der Waals surface area contributed by atoms with Crippen LogP contribution < -0.4 is 32.0 Å². The van der Waals surface area contributed by atoms with Crippen molar-refractivity contribution in [2.24, 2.45) is 29.0 Å². The zero-order valence-electron chi connectivity index (χ0n) is 34.4. The number of nitrogens with two attached hydrogens (primary N) is 3. The van der Waals surface area contributed by atoms with Gasteiger partial charge in [-0.3, -0.25) is 19.2 Å². The first-order valence-electron chi connectivity index (χ1n) is 20.9. The second kappa shape index (κ2) is 25.1. The lowest BCUT2D eigenvalue weighted by atomic mass is 9.89. The quantitative estimate of drug-likeness (QED) is 0.0838. The van der Waals surface area contributed by atoms with Gasteiger partial charge in [0, 0.05) is 69.4 Å². The summed E-state index contributed by atoms with van der Waals surface area (Å²) in [5.41, 5.74) is 19.8. The van der Waals surface area contributed by atoms with Crippen LogP contribution in [0.15, 0.2) is 36.4 Å². The summed E-state index contributed by atoms with van der Waals surface area (Å²) >= 11 is 0. The number of unbranched alkanes of at least 4 members (excludes halogenated alkanes) is 10. The minimum absolute atomic E-state index is 0.0388. The van der Waals surface area contributed by atoms with Crippen molar-refractivity contribution in [3.8, 4) is 22.6 Å². The predicted molar refractivity (Wildman–Crippen MR) is 222 cm³/mol. The second-order valence-electron chi connectivity index (χ2n) is 15.3. The van der Waals surface area contributed by atoms with E-state index in [2.05, 4.69) is 12.2 Å². The van der Waals surface area contributed by atoms with Gasteiger partial charge < -0.3 is 42.0 Å². The van der Waals surface area contributed by atoms with Crippen molar-refractivity contribution < 1.29 is 38.6 Å². The molecule has 0 spiro atoms. The van der Waals surface area contributed by atoms with Crippen LogP contribution in [-0.4, -0.2) is 85.3 Å². The summed E-state index contributed by atoms with van der Waals surface area (Å²) in [6.45, 7) is 4.51. The van der Waals surface area contributed by atoms with Crippen molar-refractivity contribution >= 4 is 29.4 Å². The Morgan fingerprint density at radius 3 is 1.95 bits per heavy atom. The third-order valence-corrected chi connectivity index (χ3v) is 10.6. The Kier molecular flexibility index (Phi) is 20.7. The Morgan fingerprint density at radius 1 is 0.825 bits per heavy atom. The highest BCUT2D eigenvalue weighted by Gasteiger charge is 2.35. The van der Waals surface area contributed by atoms with Gasteiger partial charge in [0.2, 0.25) is 11.8 Å². The number of nitrogens with one attached hydrogen (secondary N) is 1. The highest BCUT2D eigenvalue weighted by molar-refractivity contribution is 5.95. The van der Waals surface area contributed by atoms with Crippen molar-refractivity contribution in [2.45, 2.75) is 122 Å². The van der Waals surface area contributed by atoms with E-state index in [1.807, 2.05) is 0 Å². The number of carboxylic acids is 1. The van der Waals surface area contributed by atoms with Gasteiger partial charge in [-0.15, -0.1) is 0 Å². The van der Waals surface area contributed by atoms with Gasteiger partial charge in [0.05, 0.1) is 5.92 Å². The van der Waals surface area contributed by atoms with Crippen molar-refractivity contribution in [3.63, 3.8) is 0 Å². The molecule has 4 atom stereocenters. The maximum atomic E-state index is 14.3. The third-order valence-electron chi connectivity index (χ3n) is 10.6. The molecular weight excluding hydrogens is 727 g/mol. The molecule has 57 heavy (non-hydrogen) atoms. The lowest BCUT2D eigenvalue weighted by Crippen LogP contribution is -2.46. The molecule has 1 heterocycles. The summed E-state index contributed by atoms with van der Waals surface area (Å²) in [6.07, 6.45) is 12.8. The minimum Gasteiger partial charge on any atom is -0.492 e. The fourth-order valence-corrected chi connectivity index (χ4v) is 7.36. The Labute approximate surface area is 338 Å². The van der Waals surface area contributed by atoms with Gasteiger partial charge in [-0.25, -0.2) is 4.79 Å². The van der Waals surface area contributed by atoms with Crippen molar-refractivity contribution in [1.82, 2.24) is 10.2 Å².